The number of ether oxygens (including phenoxy) is 1. The van der Waals surface area contributed by atoms with E-state index >= 15 is 0 Å². The lowest BCUT2D eigenvalue weighted by Crippen LogP contribution is -2.30. The first kappa shape index (κ1) is 23.8. The number of carbonyl (C=O) groups excluding carboxylic acids is 2. The van der Waals surface area contributed by atoms with Crippen molar-refractivity contribution in [2.45, 2.75) is 25.9 Å². The van der Waals surface area contributed by atoms with Crippen LogP contribution in [0.25, 0.3) is 11.0 Å². The van der Waals surface area contributed by atoms with Gasteiger partial charge in [-0.1, -0.05) is 30.3 Å². The standard InChI is InChI=1S/C25H21F3N4O3/c1-16(29-24(34)17-7-3-2-4-8-17)23-31-20-9-5-6-10-21(20)32(23)15-22(33)30-18-11-13-19(14-12-18)35-25(26,27)28/h2-14,16H,15H2,1H3,(H,29,34)(H,30,33). The number of para-hydroxylation sites is 2. The number of anilines is 1. The monoisotopic (exact) mass is 482 g/mol. The highest BCUT2D eigenvalue weighted by Gasteiger charge is 2.31. The number of hydrogen-bond donors (Lipinski definition) is 2. The Balaban J connectivity index is 1.52. The van der Waals surface area contributed by atoms with Crippen LogP contribution in [-0.2, 0) is 11.3 Å². The van der Waals surface area contributed by atoms with Crippen LogP contribution in [0.2, 0.25) is 0 Å². The maximum absolute atomic E-state index is 12.8. The number of halogens is 3. The van der Waals surface area contributed by atoms with Crippen LogP contribution in [0.1, 0.15) is 29.1 Å². The molecule has 0 aliphatic rings. The Morgan fingerprint density at radius 3 is 2.31 bits per heavy atom. The van der Waals surface area contributed by atoms with Gasteiger partial charge < -0.3 is 19.9 Å². The predicted octanol–water partition coefficient (Wildman–Crippen LogP) is 5.06. The van der Waals surface area contributed by atoms with Crippen LogP contribution in [0.3, 0.4) is 0 Å². The Kier molecular flexibility index (Phi) is 6.72. The summed E-state index contributed by atoms with van der Waals surface area (Å²) in [4.78, 5) is 30.0. The number of aromatic nitrogens is 2. The highest BCUT2D eigenvalue weighted by atomic mass is 19.4. The SMILES string of the molecule is CC(NC(=O)c1ccccc1)c1nc2ccccc2n1CC(=O)Nc1ccc(OC(F)(F)F)cc1. The average molecular weight is 482 g/mol. The summed E-state index contributed by atoms with van der Waals surface area (Å²) in [7, 11) is 0. The molecule has 0 spiro atoms. The number of hydrogen-bond acceptors (Lipinski definition) is 4. The van der Waals surface area contributed by atoms with Crippen LogP contribution in [0.15, 0.2) is 78.9 Å². The lowest BCUT2D eigenvalue weighted by atomic mass is 10.2. The molecule has 1 unspecified atom stereocenters. The van der Waals surface area contributed by atoms with Crippen molar-refractivity contribution in [1.29, 1.82) is 0 Å². The van der Waals surface area contributed by atoms with Crippen LogP contribution in [0.5, 0.6) is 5.75 Å². The molecule has 4 rings (SSSR count). The molecule has 0 bridgehead atoms. The molecule has 2 N–H and O–H groups in total. The van der Waals surface area contributed by atoms with E-state index in [2.05, 4.69) is 20.4 Å². The molecule has 7 nitrogen and oxygen atoms in total. The van der Waals surface area contributed by atoms with E-state index in [4.69, 9.17) is 0 Å². The number of fused-ring (bicyclic) bond motifs is 1. The third-order valence-corrected chi connectivity index (χ3v) is 5.13. The molecule has 10 heteroatoms. The van der Waals surface area contributed by atoms with Crippen molar-refractivity contribution in [2.24, 2.45) is 0 Å². The molecular formula is C25H21F3N4O3. The van der Waals surface area contributed by atoms with Gasteiger partial charge in [0.25, 0.3) is 5.91 Å². The Labute approximate surface area is 198 Å². The number of benzene rings is 3. The summed E-state index contributed by atoms with van der Waals surface area (Å²) in [6, 6.07) is 20.3. The first-order chi connectivity index (χ1) is 16.7. The van der Waals surface area contributed by atoms with Crippen molar-refractivity contribution >= 4 is 28.5 Å². The summed E-state index contributed by atoms with van der Waals surface area (Å²) in [6.07, 6.45) is -4.80. The van der Waals surface area contributed by atoms with Crippen molar-refractivity contribution in [1.82, 2.24) is 14.9 Å². The normalized spacial score (nSPS) is 12.2. The van der Waals surface area contributed by atoms with E-state index in [1.807, 2.05) is 24.3 Å². The van der Waals surface area contributed by atoms with E-state index in [9.17, 15) is 22.8 Å². The van der Waals surface area contributed by atoms with Crippen molar-refractivity contribution in [3.8, 4) is 5.75 Å². The van der Waals surface area contributed by atoms with E-state index < -0.39 is 18.3 Å². The van der Waals surface area contributed by atoms with Crippen molar-refractivity contribution in [3.05, 3.63) is 90.3 Å². The van der Waals surface area contributed by atoms with Gasteiger partial charge in [0.15, 0.2) is 0 Å². The molecule has 1 atom stereocenters. The molecule has 35 heavy (non-hydrogen) atoms. The Morgan fingerprint density at radius 1 is 0.971 bits per heavy atom. The molecule has 0 aliphatic heterocycles. The van der Waals surface area contributed by atoms with Gasteiger partial charge in [-0.05, 0) is 55.5 Å². The number of carbonyl (C=O) groups is 2. The maximum Gasteiger partial charge on any atom is 0.573 e. The molecule has 0 aliphatic carbocycles. The number of alkyl halides is 3. The minimum absolute atomic E-state index is 0.123. The fraction of sp³-hybridized carbons (Fsp3) is 0.160. The first-order valence-electron chi connectivity index (χ1n) is 10.7. The zero-order chi connectivity index (χ0) is 25.0. The molecule has 0 fully saturated rings. The van der Waals surface area contributed by atoms with Gasteiger partial charge in [-0.3, -0.25) is 9.59 Å². The van der Waals surface area contributed by atoms with Crippen LogP contribution >= 0.6 is 0 Å². The zero-order valence-electron chi connectivity index (χ0n) is 18.5. The summed E-state index contributed by atoms with van der Waals surface area (Å²) in [5, 5.41) is 5.56. The largest absolute Gasteiger partial charge is 0.573 e. The number of rotatable bonds is 7. The Hall–Kier alpha value is -4.34. The Morgan fingerprint density at radius 2 is 1.63 bits per heavy atom. The van der Waals surface area contributed by atoms with E-state index in [0.29, 0.717) is 28.1 Å². The number of nitrogens with one attached hydrogen (secondary N) is 2. The molecule has 3 aromatic carbocycles. The van der Waals surface area contributed by atoms with E-state index in [-0.39, 0.29) is 18.2 Å². The smallest absolute Gasteiger partial charge is 0.406 e. The molecule has 1 heterocycles. The third-order valence-electron chi connectivity index (χ3n) is 5.13. The van der Waals surface area contributed by atoms with Crippen LogP contribution in [0.4, 0.5) is 18.9 Å². The van der Waals surface area contributed by atoms with Crippen molar-refractivity contribution < 1.29 is 27.5 Å². The van der Waals surface area contributed by atoms with E-state index in [0.717, 1.165) is 12.1 Å². The van der Waals surface area contributed by atoms with E-state index in [1.54, 1.807) is 41.8 Å². The van der Waals surface area contributed by atoms with Gasteiger partial charge in [0, 0.05) is 11.3 Å². The molecule has 4 aromatic rings. The van der Waals surface area contributed by atoms with Gasteiger partial charge in [-0.15, -0.1) is 13.2 Å². The van der Waals surface area contributed by atoms with Gasteiger partial charge in [-0.25, -0.2) is 4.98 Å². The van der Waals surface area contributed by atoms with E-state index in [1.165, 1.54) is 12.1 Å². The fourth-order valence-corrected chi connectivity index (χ4v) is 3.61. The van der Waals surface area contributed by atoms with Crippen molar-refractivity contribution in [3.63, 3.8) is 0 Å². The van der Waals surface area contributed by atoms with Crippen LogP contribution in [0, 0.1) is 0 Å². The number of imidazole rings is 1. The average Bonchev–Trinajstić information content (AvgIpc) is 3.18. The zero-order valence-corrected chi connectivity index (χ0v) is 18.5. The topological polar surface area (TPSA) is 85.2 Å². The second-order valence-corrected chi connectivity index (χ2v) is 7.73. The number of nitrogens with zero attached hydrogens (tertiary/aromatic N) is 2. The summed E-state index contributed by atoms with van der Waals surface area (Å²) < 4.78 is 42.6. The minimum atomic E-state index is -4.80. The summed E-state index contributed by atoms with van der Waals surface area (Å²) >= 11 is 0. The second kappa shape index (κ2) is 9.88. The maximum atomic E-state index is 12.8. The van der Waals surface area contributed by atoms with Gasteiger partial charge >= 0.3 is 6.36 Å². The quantitative estimate of drug-likeness (QED) is 0.386. The number of amides is 2. The Bertz CT molecular complexity index is 1340. The lowest BCUT2D eigenvalue weighted by Gasteiger charge is -2.16. The van der Waals surface area contributed by atoms with Gasteiger partial charge in [0.05, 0.1) is 17.1 Å². The molecule has 2 amide bonds. The van der Waals surface area contributed by atoms with Crippen LogP contribution < -0.4 is 15.4 Å². The lowest BCUT2D eigenvalue weighted by molar-refractivity contribution is -0.274. The van der Waals surface area contributed by atoms with Gasteiger partial charge in [-0.2, -0.15) is 0 Å². The highest BCUT2D eigenvalue weighted by molar-refractivity contribution is 5.94. The van der Waals surface area contributed by atoms with Crippen LogP contribution in [-0.4, -0.2) is 27.7 Å². The minimum Gasteiger partial charge on any atom is -0.406 e. The van der Waals surface area contributed by atoms with Gasteiger partial charge in [0.2, 0.25) is 5.91 Å². The molecule has 1 aromatic heterocycles. The van der Waals surface area contributed by atoms with Crippen molar-refractivity contribution in [2.75, 3.05) is 5.32 Å². The highest BCUT2D eigenvalue weighted by Crippen LogP contribution is 2.25. The summed E-state index contributed by atoms with van der Waals surface area (Å²) in [5.74, 6) is -0.594. The third kappa shape index (κ3) is 5.97. The second-order valence-electron chi connectivity index (χ2n) is 7.73. The molecule has 180 valence electrons. The fourth-order valence-electron chi connectivity index (χ4n) is 3.61. The molecule has 0 saturated carbocycles. The predicted molar refractivity (Wildman–Crippen MR) is 124 cm³/mol. The molecule has 0 radical (unpaired) electrons. The summed E-state index contributed by atoms with van der Waals surface area (Å²) in [6.45, 7) is 1.65. The summed E-state index contributed by atoms with van der Waals surface area (Å²) in [5.41, 5.74) is 2.16. The van der Waals surface area contributed by atoms with Gasteiger partial charge in [0.1, 0.15) is 18.1 Å². The molecular weight excluding hydrogens is 461 g/mol. The first-order valence-corrected chi connectivity index (χ1v) is 10.7. The molecule has 0 saturated heterocycles.